The van der Waals surface area contributed by atoms with Crippen molar-refractivity contribution in [2.24, 2.45) is 0 Å². The third-order valence-corrected chi connectivity index (χ3v) is 6.78. The number of hydrogen-bond donors (Lipinski definition) is 1. The molecule has 4 rings (SSSR count). The van der Waals surface area contributed by atoms with Gasteiger partial charge in [-0.05, 0) is 60.4 Å². The van der Waals surface area contributed by atoms with Gasteiger partial charge in [-0.25, -0.2) is 17.2 Å². The molecule has 1 aliphatic heterocycles. The van der Waals surface area contributed by atoms with Gasteiger partial charge in [-0.3, -0.25) is 14.5 Å². The Morgan fingerprint density at radius 1 is 1.11 bits per heavy atom. The van der Waals surface area contributed by atoms with Crippen LogP contribution in [0.2, 0.25) is 0 Å². The van der Waals surface area contributed by atoms with E-state index in [1.807, 2.05) is 31.2 Å². The average Bonchev–Trinajstić information content (AvgIpc) is 3.09. The number of nitrogens with one attached hydrogen (secondary N) is 1. The first-order chi connectivity index (χ1) is 16.6. The van der Waals surface area contributed by atoms with E-state index in [0.29, 0.717) is 11.4 Å². The number of rotatable bonds is 7. The standard InChI is InChI=1S/C26H27F2N3O3S/c1-4-6-17-8-11-23-21(13-17)24(20-7-5-12-29-16(20)2)25(26(32)30-35(3,33)34)31(23)15-18-14-19(27)9-10-22(18)28/h5,7-14,24-25H,4,6,15H2,1-3H3,(H,30,32). The molecule has 0 spiro atoms. The van der Waals surface area contributed by atoms with E-state index >= 15 is 0 Å². The van der Waals surface area contributed by atoms with Crippen molar-refractivity contribution in [1.29, 1.82) is 0 Å². The summed E-state index contributed by atoms with van der Waals surface area (Å²) in [5.74, 6) is -2.52. The minimum Gasteiger partial charge on any atom is -0.354 e. The molecule has 9 heteroatoms. The number of sulfonamides is 1. The van der Waals surface area contributed by atoms with Gasteiger partial charge in [0.15, 0.2) is 0 Å². The first-order valence-corrected chi connectivity index (χ1v) is 13.2. The molecule has 184 valence electrons. The number of hydrogen-bond acceptors (Lipinski definition) is 5. The molecule has 0 bridgehead atoms. The number of fused-ring (bicyclic) bond motifs is 1. The average molecular weight is 500 g/mol. The van der Waals surface area contributed by atoms with Crippen LogP contribution in [0.1, 0.15) is 47.2 Å². The fraction of sp³-hybridized carbons (Fsp3) is 0.308. The lowest BCUT2D eigenvalue weighted by Gasteiger charge is -2.30. The van der Waals surface area contributed by atoms with Gasteiger partial charge in [-0.2, -0.15) is 0 Å². The van der Waals surface area contributed by atoms with Gasteiger partial charge in [-0.1, -0.05) is 31.5 Å². The number of benzene rings is 2. The molecule has 1 aromatic heterocycles. The van der Waals surface area contributed by atoms with Crippen molar-refractivity contribution in [3.05, 3.63) is 94.3 Å². The molecule has 0 aliphatic carbocycles. The van der Waals surface area contributed by atoms with Gasteiger partial charge in [-0.15, -0.1) is 0 Å². The van der Waals surface area contributed by atoms with E-state index in [9.17, 15) is 22.0 Å². The van der Waals surface area contributed by atoms with Crippen LogP contribution in [0.15, 0.2) is 54.7 Å². The highest BCUT2D eigenvalue weighted by Gasteiger charge is 2.45. The third kappa shape index (κ3) is 5.19. The Hall–Kier alpha value is -3.33. The van der Waals surface area contributed by atoms with Gasteiger partial charge in [0.1, 0.15) is 17.7 Å². The fourth-order valence-corrected chi connectivity index (χ4v) is 5.28. The van der Waals surface area contributed by atoms with Crippen molar-refractivity contribution in [3.63, 3.8) is 0 Å². The molecule has 35 heavy (non-hydrogen) atoms. The summed E-state index contributed by atoms with van der Waals surface area (Å²) in [6, 6.07) is 11.6. The van der Waals surface area contributed by atoms with E-state index in [1.54, 1.807) is 17.2 Å². The van der Waals surface area contributed by atoms with Crippen molar-refractivity contribution in [1.82, 2.24) is 9.71 Å². The summed E-state index contributed by atoms with van der Waals surface area (Å²) in [5, 5.41) is 0. The van der Waals surface area contributed by atoms with E-state index < -0.39 is 39.5 Å². The van der Waals surface area contributed by atoms with E-state index in [4.69, 9.17) is 0 Å². The Morgan fingerprint density at radius 3 is 2.57 bits per heavy atom. The van der Waals surface area contributed by atoms with E-state index in [0.717, 1.165) is 54.0 Å². The monoisotopic (exact) mass is 499 g/mol. The molecule has 2 heterocycles. The topological polar surface area (TPSA) is 79.4 Å². The summed E-state index contributed by atoms with van der Waals surface area (Å²) in [6.07, 6.45) is 4.30. The van der Waals surface area contributed by atoms with E-state index in [2.05, 4.69) is 16.6 Å². The molecule has 2 aromatic carbocycles. The highest BCUT2D eigenvalue weighted by atomic mass is 32.2. The lowest BCUT2D eigenvalue weighted by atomic mass is 9.85. The first-order valence-electron chi connectivity index (χ1n) is 11.4. The Balaban J connectivity index is 1.92. The van der Waals surface area contributed by atoms with Crippen molar-refractivity contribution in [2.75, 3.05) is 11.2 Å². The molecule has 2 unspecified atom stereocenters. The van der Waals surface area contributed by atoms with Crippen LogP contribution in [0.5, 0.6) is 0 Å². The lowest BCUT2D eigenvalue weighted by molar-refractivity contribution is -0.120. The molecule has 0 fully saturated rings. The Morgan fingerprint density at radius 2 is 1.89 bits per heavy atom. The molecule has 0 saturated heterocycles. The Kier molecular flexibility index (Phi) is 6.89. The third-order valence-electron chi connectivity index (χ3n) is 6.21. The molecule has 1 amide bonds. The normalized spacial score (nSPS) is 17.3. The maximum absolute atomic E-state index is 14.6. The zero-order chi connectivity index (χ0) is 25.3. The summed E-state index contributed by atoms with van der Waals surface area (Å²) in [6.45, 7) is 3.77. The van der Waals surface area contributed by atoms with Crippen molar-refractivity contribution >= 4 is 21.6 Å². The number of halogens is 2. The number of anilines is 1. The molecule has 1 N–H and O–H groups in total. The smallest absolute Gasteiger partial charge is 0.257 e. The quantitative estimate of drug-likeness (QED) is 0.527. The maximum atomic E-state index is 14.6. The second-order valence-electron chi connectivity index (χ2n) is 8.85. The highest BCUT2D eigenvalue weighted by molar-refractivity contribution is 7.89. The number of aryl methyl sites for hydroxylation is 2. The second kappa shape index (κ2) is 9.73. The SMILES string of the molecule is CCCc1ccc2c(c1)C(c1cccnc1C)C(C(=O)NS(C)(=O)=O)N2Cc1cc(F)ccc1F. The van der Waals surface area contributed by atoms with Gasteiger partial charge < -0.3 is 4.90 Å². The molecule has 0 saturated carbocycles. The number of aromatic nitrogens is 1. The van der Waals surface area contributed by atoms with Crippen LogP contribution in [-0.2, 0) is 27.8 Å². The summed E-state index contributed by atoms with van der Waals surface area (Å²) < 4.78 is 54.7. The predicted octanol–water partition coefficient (Wildman–Crippen LogP) is 4.22. The van der Waals surface area contributed by atoms with Gasteiger partial charge >= 0.3 is 0 Å². The lowest BCUT2D eigenvalue weighted by Crippen LogP contribution is -2.48. The van der Waals surface area contributed by atoms with Crippen molar-refractivity contribution in [2.45, 2.75) is 45.2 Å². The highest BCUT2D eigenvalue weighted by Crippen LogP contribution is 2.46. The zero-order valence-corrected chi connectivity index (χ0v) is 20.6. The predicted molar refractivity (Wildman–Crippen MR) is 131 cm³/mol. The molecule has 3 aromatic rings. The number of nitrogens with zero attached hydrogens (tertiary/aromatic N) is 2. The minimum absolute atomic E-state index is 0.0642. The number of pyridine rings is 1. The van der Waals surface area contributed by atoms with E-state index in [1.165, 1.54) is 0 Å². The molecule has 0 radical (unpaired) electrons. The second-order valence-corrected chi connectivity index (χ2v) is 10.6. The minimum atomic E-state index is -3.87. The molecule has 1 aliphatic rings. The van der Waals surface area contributed by atoms with Crippen LogP contribution < -0.4 is 9.62 Å². The molecular formula is C26H27F2N3O3S. The number of carbonyl (C=O) groups excluding carboxylic acids is 1. The number of carbonyl (C=O) groups is 1. The van der Waals surface area contributed by atoms with Crippen LogP contribution in [0.25, 0.3) is 0 Å². The van der Waals surface area contributed by atoms with Crippen LogP contribution in [-0.4, -0.2) is 31.6 Å². The van der Waals surface area contributed by atoms with Crippen molar-refractivity contribution < 1.29 is 22.0 Å². The summed E-state index contributed by atoms with van der Waals surface area (Å²) >= 11 is 0. The van der Waals surface area contributed by atoms with Crippen LogP contribution in [0.4, 0.5) is 14.5 Å². The van der Waals surface area contributed by atoms with E-state index in [-0.39, 0.29) is 12.1 Å². The Labute approximate surface area is 204 Å². The van der Waals surface area contributed by atoms with Gasteiger partial charge in [0.05, 0.1) is 6.26 Å². The Bertz CT molecular complexity index is 1380. The van der Waals surface area contributed by atoms with Crippen LogP contribution in [0, 0.1) is 18.6 Å². The summed E-state index contributed by atoms with van der Waals surface area (Å²) in [7, 11) is -3.87. The largest absolute Gasteiger partial charge is 0.354 e. The van der Waals surface area contributed by atoms with Crippen LogP contribution >= 0.6 is 0 Å². The first kappa shape index (κ1) is 24.8. The van der Waals surface area contributed by atoms with Crippen LogP contribution in [0.3, 0.4) is 0 Å². The number of amides is 1. The molecule has 2 atom stereocenters. The molecular weight excluding hydrogens is 472 g/mol. The zero-order valence-electron chi connectivity index (χ0n) is 19.8. The molecule has 6 nitrogen and oxygen atoms in total. The van der Waals surface area contributed by atoms with Crippen molar-refractivity contribution in [3.8, 4) is 0 Å². The van der Waals surface area contributed by atoms with Gasteiger partial charge in [0.25, 0.3) is 5.91 Å². The maximum Gasteiger partial charge on any atom is 0.257 e. The summed E-state index contributed by atoms with van der Waals surface area (Å²) in [5.41, 5.74) is 4.07. The van der Waals surface area contributed by atoms with Gasteiger partial charge in [0.2, 0.25) is 10.0 Å². The fourth-order valence-electron chi connectivity index (χ4n) is 4.79. The summed E-state index contributed by atoms with van der Waals surface area (Å²) in [4.78, 5) is 19.5. The van der Waals surface area contributed by atoms with Gasteiger partial charge in [0, 0.05) is 35.6 Å².